The van der Waals surface area contributed by atoms with Crippen molar-refractivity contribution in [3.05, 3.63) is 140 Å². The van der Waals surface area contributed by atoms with Gasteiger partial charge in [-0.05, 0) is 78.3 Å². The van der Waals surface area contributed by atoms with E-state index in [0.29, 0.717) is 30.5 Å². The zero-order valence-corrected chi connectivity index (χ0v) is 35.5. The summed E-state index contributed by atoms with van der Waals surface area (Å²) in [6.45, 7) is 0. The first-order valence-electron chi connectivity index (χ1n) is 16.6. The van der Waals surface area contributed by atoms with Gasteiger partial charge in [-0.2, -0.15) is 36.5 Å². The van der Waals surface area contributed by atoms with Crippen LogP contribution in [0.3, 0.4) is 0 Å². The summed E-state index contributed by atoms with van der Waals surface area (Å²) in [5, 5.41) is 28.8. The molecular weight excluding hydrogens is 1010 g/mol. The lowest BCUT2D eigenvalue weighted by Gasteiger charge is -2.09. The van der Waals surface area contributed by atoms with Gasteiger partial charge in [0.2, 0.25) is 0 Å². The fourth-order valence-corrected chi connectivity index (χ4v) is 6.91. The molecular formula is C36H21Br2ClF6N12O2S2. The first kappa shape index (κ1) is 44.6. The van der Waals surface area contributed by atoms with Crippen LogP contribution in [0.5, 0.6) is 0 Å². The minimum absolute atomic E-state index is 0.0701. The molecule has 0 saturated heterocycles. The molecule has 0 fully saturated rings. The van der Waals surface area contributed by atoms with E-state index >= 15 is 0 Å². The molecule has 6 aromatic heterocycles. The second-order valence-electron chi connectivity index (χ2n) is 11.7. The molecule has 3 N–H and O–H groups in total. The lowest BCUT2D eigenvalue weighted by molar-refractivity contribution is -0.143. The third kappa shape index (κ3) is 11.7. The molecule has 0 atom stereocenters. The summed E-state index contributed by atoms with van der Waals surface area (Å²) in [5.74, 6) is -0.450. The Kier molecular flexibility index (Phi) is 14.0. The van der Waals surface area contributed by atoms with Gasteiger partial charge < -0.3 is 11.1 Å². The maximum atomic E-state index is 13.5. The van der Waals surface area contributed by atoms with E-state index in [1.165, 1.54) is 59.3 Å². The summed E-state index contributed by atoms with van der Waals surface area (Å²) >= 11 is 14.1. The summed E-state index contributed by atoms with van der Waals surface area (Å²) in [6.07, 6.45) is -6.26. The number of halogens is 9. The van der Waals surface area contributed by atoms with Crippen LogP contribution in [0.4, 0.5) is 38.0 Å². The van der Waals surface area contributed by atoms with Crippen molar-refractivity contribution in [2.24, 2.45) is 0 Å². The predicted octanol–water partition coefficient (Wildman–Crippen LogP) is 10.0. The number of hydrogen-bond acceptors (Lipinski definition) is 13. The summed E-state index contributed by atoms with van der Waals surface area (Å²) in [7, 11) is 0. The zero-order valence-electron chi connectivity index (χ0n) is 30.0. The Hall–Kier alpha value is -5.95. The summed E-state index contributed by atoms with van der Waals surface area (Å²) in [6, 6.07) is 20.8. The number of anilines is 2. The van der Waals surface area contributed by atoms with E-state index in [9.17, 15) is 35.9 Å². The Labute approximate surface area is 368 Å². The van der Waals surface area contributed by atoms with Gasteiger partial charge in [0.25, 0.3) is 11.1 Å². The van der Waals surface area contributed by atoms with Crippen LogP contribution in [0.1, 0.15) is 32.1 Å². The number of rotatable bonds is 7. The SMILES string of the molecule is Nc1ccc(-n2nc(-c3nccs3)cc2C(F)(F)F)nn1.O=C(Cl)c1cccc(Br)c1.O=C(Nc1ccc(-n2nc(-c3nccs3)cc2C(F)(F)F)nn1)c1cccc(Br)c1. The average molecular weight is 1030 g/mol. The molecule has 0 spiro atoms. The van der Waals surface area contributed by atoms with Crippen molar-refractivity contribution in [2.45, 2.75) is 12.4 Å². The molecule has 0 unspecified atom stereocenters. The minimum atomic E-state index is -4.65. The number of nitrogens with zero attached hydrogens (tertiary/aromatic N) is 10. The van der Waals surface area contributed by atoms with Crippen LogP contribution in [0.2, 0.25) is 0 Å². The monoisotopic (exact) mass is 1020 g/mol. The molecule has 312 valence electrons. The van der Waals surface area contributed by atoms with E-state index in [2.05, 4.69) is 77.7 Å². The smallest absolute Gasteiger partial charge is 0.382 e. The van der Waals surface area contributed by atoms with E-state index in [-0.39, 0.29) is 34.7 Å². The number of thiazole rings is 2. The van der Waals surface area contributed by atoms with Crippen LogP contribution in [0.15, 0.2) is 117 Å². The fourth-order valence-electron chi connectivity index (χ4n) is 4.81. The largest absolute Gasteiger partial charge is 0.433 e. The molecule has 0 saturated carbocycles. The highest BCUT2D eigenvalue weighted by atomic mass is 79.9. The molecule has 0 aliphatic carbocycles. The van der Waals surface area contributed by atoms with Crippen LogP contribution in [0, 0.1) is 0 Å². The van der Waals surface area contributed by atoms with Gasteiger partial charge in [-0.3, -0.25) is 9.59 Å². The average Bonchev–Trinajstić information content (AvgIpc) is 4.06. The number of carbonyl (C=O) groups excluding carboxylic acids is 2. The molecule has 8 aromatic rings. The Morgan fingerprint density at radius 3 is 1.54 bits per heavy atom. The van der Waals surface area contributed by atoms with Gasteiger partial charge in [-0.25, -0.2) is 19.3 Å². The van der Waals surface area contributed by atoms with Crippen molar-refractivity contribution < 1.29 is 35.9 Å². The van der Waals surface area contributed by atoms with Crippen molar-refractivity contribution in [2.75, 3.05) is 11.1 Å². The number of aromatic nitrogens is 10. The summed E-state index contributed by atoms with van der Waals surface area (Å²) < 4.78 is 82.7. The highest BCUT2D eigenvalue weighted by Gasteiger charge is 2.38. The number of amides is 1. The number of carbonyl (C=O) groups is 2. The number of nitrogens with two attached hydrogens (primary N) is 1. The second-order valence-corrected chi connectivity index (χ2v) is 15.6. The molecule has 0 aliphatic heterocycles. The lowest BCUT2D eigenvalue weighted by Crippen LogP contribution is -2.16. The third-order valence-corrected chi connectivity index (χ3v) is 10.2. The van der Waals surface area contributed by atoms with Gasteiger partial charge in [-0.1, -0.05) is 50.1 Å². The maximum Gasteiger partial charge on any atom is 0.433 e. The van der Waals surface area contributed by atoms with Crippen molar-refractivity contribution in [1.29, 1.82) is 0 Å². The van der Waals surface area contributed by atoms with Crippen LogP contribution in [-0.4, -0.2) is 61.1 Å². The Balaban J connectivity index is 0.000000173. The van der Waals surface area contributed by atoms with Crippen molar-refractivity contribution >= 4 is 88.9 Å². The molecule has 14 nitrogen and oxygen atoms in total. The first-order valence-corrected chi connectivity index (χ1v) is 20.3. The number of benzene rings is 2. The Morgan fingerprint density at radius 1 is 0.656 bits per heavy atom. The molecule has 0 aliphatic rings. The van der Waals surface area contributed by atoms with Gasteiger partial charge in [0.1, 0.15) is 27.2 Å². The van der Waals surface area contributed by atoms with E-state index in [0.717, 1.165) is 21.1 Å². The third-order valence-electron chi connectivity index (χ3n) is 7.44. The summed E-state index contributed by atoms with van der Waals surface area (Å²) in [4.78, 5) is 30.7. The van der Waals surface area contributed by atoms with E-state index < -0.39 is 34.9 Å². The zero-order chi connectivity index (χ0) is 43.9. The van der Waals surface area contributed by atoms with Gasteiger partial charge in [0.15, 0.2) is 28.8 Å². The molecule has 8 rings (SSSR count). The molecule has 2 aromatic carbocycles. The highest BCUT2D eigenvalue weighted by Crippen LogP contribution is 2.35. The number of alkyl halides is 6. The quantitative estimate of drug-likeness (QED) is 0.114. The van der Waals surface area contributed by atoms with Crippen molar-refractivity contribution in [3.8, 4) is 33.0 Å². The van der Waals surface area contributed by atoms with Gasteiger partial charge >= 0.3 is 12.4 Å². The molecule has 25 heteroatoms. The Morgan fingerprint density at radius 2 is 1.15 bits per heavy atom. The van der Waals surface area contributed by atoms with Gasteiger partial charge in [0, 0.05) is 43.2 Å². The van der Waals surface area contributed by atoms with Crippen LogP contribution < -0.4 is 11.1 Å². The highest BCUT2D eigenvalue weighted by molar-refractivity contribution is 9.10. The van der Waals surface area contributed by atoms with Crippen molar-refractivity contribution in [1.82, 2.24) is 49.9 Å². The molecule has 6 heterocycles. The number of nitrogen functional groups attached to an aromatic ring is 1. The second kappa shape index (κ2) is 19.2. The molecule has 0 radical (unpaired) electrons. The van der Waals surface area contributed by atoms with Crippen LogP contribution in [0.25, 0.3) is 33.0 Å². The van der Waals surface area contributed by atoms with Crippen molar-refractivity contribution in [3.63, 3.8) is 0 Å². The Bertz CT molecular complexity index is 2750. The van der Waals surface area contributed by atoms with E-state index in [1.54, 1.807) is 53.2 Å². The normalized spacial score (nSPS) is 11.2. The van der Waals surface area contributed by atoms with Gasteiger partial charge in [-0.15, -0.1) is 43.1 Å². The predicted molar refractivity (Wildman–Crippen MR) is 221 cm³/mol. The molecule has 0 bridgehead atoms. The number of hydrogen-bond donors (Lipinski definition) is 2. The first-order chi connectivity index (χ1) is 29.0. The minimum Gasteiger partial charge on any atom is -0.382 e. The topological polar surface area (TPSA) is 185 Å². The van der Waals surface area contributed by atoms with Crippen LogP contribution >= 0.6 is 66.1 Å². The lowest BCUT2D eigenvalue weighted by atomic mass is 10.2. The standard InChI is InChI=1S/C18H10BrF3N6OS.C11H7F3N6S.C7H4BrClO/c19-11-3-1-2-10(8-11)16(29)24-14-4-5-15(26-25-14)28-13(18(20,21)22)9-12(27-28)17-23-6-7-30-17;12-11(13,14)7-5-6(10-16-3-4-21-10)19-20(7)9-2-1-8(15)17-18-9;8-6-3-1-2-5(4-6)7(9)10/h1-9H,(H,24,25,29);1-5H,(H2,15,17);1-4H. The van der Waals surface area contributed by atoms with Gasteiger partial charge in [0.05, 0.1) is 0 Å². The number of nitrogens with one attached hydrogen (secondary N) is 1. The molecule has 61 heavy (non-hydrogen) atoms. The van der Waals surface area contributed by atoms with E-state index in [4.69, 9.17) is 17.3 Å². The van der Waals surface area contributed by atoms with Crippen LogP contribution in [-0.2, 0) is 12.4 Å². The summed E-state index contributed by atoms with van der Waals surface area (Å²) in [5.41, 5.74) is 4.51. The molecule has 1 amide bonds. The maximum absolute atomic E-state index is 13.5. The van der Waals surface area contributed by atoms with E-state index in [1.807, 2.05) is 6.07 Å². The fraction of sp³-hybridized carbons (Fsp3) is 0.0556.